The number of allylic oxidation sites excluding steroid dienone is 1. The summed E-state index contributed by atoms with van der Waals surface area (Å²) in [6.07, 6.45) is 8.24. The lowest BCUT2D eigenvalue weighted by atomic mass is 10.0. The molecule has 10 heteroatoms. The largest absolute Gasteiger partial charge is 0.494 e. The summed E-state index contributed by atoms with van der Waals surface area (Å²) in [5, 5.41) is 0. The molecule has 0 fully saturated rings. The molecule has 0 amide bonds. The molecule has 2 aromatic carbocycles. The Morgan fingerprint density at radius 2 is 1.18 bits per heavy atom. The first-order valence-corrected chi connectivity index (χ1v) is 14.6. The highest BCUT2D eigenvalue weighted by atomic mass is 16.6. The van der Waals surface area contributed by atoms with Gasteiger partial charge in [-0.2, -0.15) is 0 Å². The molecular formula is C35H38O10. The fourth-order valence-corrected chi connectivity index (χ4v) is 3.99. The molecule has 1 aliphatic carbocycles. The third kappa shape index (κ3) is 12.2. The maximum Gasteiger partial charge on any atom is 0.343 e. The summed E-state index contributed by atoms with van der Waals surface area (Å²) in [6, 6.07) is 13.3. The van der Waals surface area contributed by atoms with Crippen molar-refractivity contribution in [3.8, 4) is 11.5 Å². The summed E-state index contributed by atoms with van der Waals surface area (Å²) in [5.74, 6) is -0.292. The minimum Gasteiger partial charge on any atom is -0.494 e. The second-order valence-electron chi connectivity index (χ2n) is 9.92. The van der Waals surface area contributed by atoms with E-state index in [0.717, 1.165) is 17.7 Å². The normalized spacial score (nSPS) is 13.8. The Bertz CT molecular complexity index is 1390. The van der Waals surface area contributed by atoms with Crippen LogP contribution in [0.15, 0.2) is 97.3 Å². The third-order valence-corrected chi connectivity index (χ3v) is 6.49. The van der Waals surface area contributed by atoms with E-state index in [1.54, 1.807) is 60.7 Å². The zero-order chi connectivity index (χ0) is 32.4. The average Bonchev–Trinajstić information content (AvgIpc) is 3.05. The Morgan fingerprint density at radius 3 is 1.64 bits per heavy atom. The van der Waals surface area contributed by atoms with Crippen molar-refractivity contribution in [2.24, 2.45) is 0 Å². The zero-order valence-electron chi connectivity index (χ0n) is 25.4. The van der Waals surface area contributed by atoms with E-state index in [0.29, 0.717) is 86.9 Å². The molecule has 0 bridgehead atoms. The van der Waals surface area contributed by atoms with Gasteiger partial charge in [0.2, 0.25) is 0 Å². The van der Waals surface area contributed by atoms with E-state index in [1.165, 1.54) is 0 Å². The van der Waals surface area contributed by atoms with Crippen LogP contribution < -0.4 is 9.47 Å². The number of carbonyl (C=O) groups excluding carboxylic acids is 4. The number of unbranched alkanes of at least 4 members (excludes halogenated alkanes) is 2. The predicted molar refractivity (Wildman–Crippen MR) is 166 cm³/mol. The van der Waals surface area contributed by atoms with Gasteiger partial charge in [-0.05, 0) is 98.9 Å². The summed E-state index contributed by atoms with van der Waals surface area (Å²) in [5.41, 5.74) is 1.49. The molecule has 10 nitrogen and oxygen atoms in total. The van der Waals surface area contributed by atoms with E-state index < -0.39 is 30.0 Å². The first-order valence-electron chi connectivity index (χ1n) is 14.6. The molecule has 1 aliphatic rings. The van der Waals surface area contributed by atoms with Gasteiger partial charge in [0.05, 0.1) is 37.6 Å². The minimum absolute atomic E-state index is 0.303. The molecule has 0 N–H and O–H groups in total. The van der Waals surface area contributed by atoms with Gasteiger partial charge in [0, 0.05) is 18.6 Å². The molecule has 0 saturated heterocycles. The molecule has 1 atom stereocenters. The lowest BCUT2D eigenvalue weighted by Crippen LogP contribution is -2.21. The van der Waals surface area contributed by atoms with Crippen molar-refractivity contribution in [1.82, 2.24) is 0 Å². The molecule has 1 unspecified atom stereocenters. The highest BCUT2D eigenvalue weighted by molar-refractivity contribution is 5.91. The summed E-state index contributed by atoms with van der Waals surface area (Å²) < 4.78 is 32.4. The molecule has 2 aromatic rings. The van der Waals surface area contributed by atoms with Crippen LogP contribution in [0.3, 0.4) is 0 Å². The Balaban J connectivity index is 1.37. The molecule has 3 rings (SSSR count). The van der Waals surface area contributed by atoms with E-state index in [2.05, 4.69) is 13.2 Å². The van der Waals surface area contributed by atoms with Crippen molar-refractivity contribution in [2.75, 3.05) is 26.4 Å². The van der Waals surface area contributed by atoms with Gasteiger partial charge >= 0.3 is 23.9 Å². The quantitative estimate of drug-likeness (QED) is 0.0840. The Hall–Kier alpha value is -5.12. The molecule has 0 saturated carbocycles. The fourth-order valence-electron chi connectivity index (χ4n) is 3.99. The second kappa shape index (κ2) is 18.5. The van der Waals surface area contributed by atoms with E-state index in [4.69, 9.17) is 28.4 Å². The van der Waals surface area contributed by atoms with Gasteiger partial charge in [-0.3, -0.25) is 0 Å². The van der Waals surface area contributed by atoms with Crippen molar-refractivity contribution in [1.29, 1.82) is 0 Å². The maximum atomic E-state index is 12.7. The molecule has 0 radical (unpaired) electrons. The Labute approximate surface area is 262 Å². The van der Waals surface area contributed by atoms with Gasteiger partial charge in [-0.25, -0.2) is 19.2 Å². The number of rotatable bonds is 18. The number of benzene rings is 2. The van der Waals surface area contributed by atoms with Gasteiger partial charge in [-0.1, -0.05) is 13.2 Å². The molecule has 0 heterocycles. The van der Waals surface area contributed by atoms with Crippen molar-refractivity contribution in [3.05, 3.63) is 108 Å². The number of hydrogen-bond donors (Lipinski definition) is 0. The third-order valence-electron chi connectivity index (χ3n) is 6.49. The monoisotopic (exact) mass is 618 g/mol. The zero-order valence-corrected chi connectivity index (χ0v) is 25.4. The summed E-state index contributed by atoms with van der Waals surface area (Å²) in [4.78, 5) is 47.4. The van der Waals surface area contributed by atoms with Crippen molar-refractivity contribution in [2.45, 2.75) is 45.1 Å². The van der Waals surface area contributed by atoms with Crippen LogP contribution in [0.25, 0.3) is 0 Å². The van der Waals surface area contributed by atoms with Crippen LogP contribution in [0.2, 0.25) is 0 Å². The van der Waals surface area contributed by atoms with Crippen LogP contribution in [0.1, 0.15) is 59.7 Å². The van der Waals surface area contributed by atoms with Crippen LogP contribution in [-0.4, -0.2) is 56.4 Å². The molecular weight excluding hydrogens is 580 g/mol. The van der Waals surface area contributed by atoms with Crippen LogP contribution >= 0.6 is 0 Å². The average molecular weight is 619 g/mol. The van der Waals surface area contributed by atoms with Crippen LogP contribution in [-0.2, 0) is 28.5 Å². The SMILES string of the molecule is C=CC(=O)OCCCCOc1ccc(C(=O)OC2=CCC(OC(=O)c3ccc(OCCCCOC(=O)C=C)cc3)C(C)=C2)cc1. The van der Waals surface area contributed by atoms with Crippen LogP contribution in [0, 0.1) is 0 Å². The number of ether oxygens (including phenoxy) is 6. The van der Waals surface area contributed by atoms with Gasteiger partial charge < -0.3 is 28.4 Å². The van der Waals surface area contributed by atoms with Gasteiger partial charge in [-0.15, -0.1) is 0 Å². The van der Waals surface area contributed by atoms with E-state index >= 15 is 0 Å². The molecule has 0 aliphatic heterocycles. The predicted octanol–water partition coefficient (Wildman–Crippen LogP) is 6.08. The van der Waals surface area contributed by atoms with Gasteiger partial charge in [0.15, 0.2) is 0 Å². The summed E-state index contributed by atoms with van der Waals surface area (Å²) >= 11 is 0. The lowest BCUT2D eigenvalue weighted by molar-refractivity contribution is -0.138. The summed E-state index contributed by atoms with van der Waals surface area (Å²) in [6.45, 7) is 9.99. The topological polar surface area (TPSA) is 124 Å². The first-order chi connectivity index (χ1) is 21.8. The standard InChI is InChI=1S/C35H38O10/c1-4-32(36)42-22-8-6-20-40-28-14-10-26(11-15-28)34(38)44-30-18-19-31(25(3)24-30)45-35(39)27-12-16-29(17-13-27)41-21-7-9-23-43-33(37)5-2/h4-5,10-18,24,31H,1-2,6-9,19-23H2,3H3. The molecule has 238 valence electrons. The maximum absolute atomic E-state index is 12.7. The molecule has 0 aromatic heterocycles. The Morgan fingerprint density at radius 1 is 0.711 bits per heavy atom. The highest BCUT2D eigenvalue weighted by Crippen LogP contribution is 2.24. The Kier molecular flexibility index (Phi) is 14.1. The van der Waals surface area contributed by atoms with E-state index in [1.807, 2.05) is 6.92 Å². The summed E-state index contributed by atoms with van der Waals surface area (Å²) in [7, 11) is 0. The van der Waals surface area contributed by atoms with E-state index in [9.17, 15) is 19.2 Å². The second-order valence-corrected chi connectivity index (χ2v) is 9.92. The molecule has 45 heavy (non-hydrogen) atoms. The number of esters is 4. The molecule has 0 spiro atoms. The van der Waals surface area contributed by atoms with Gasteiger partial charge in [0.25, 0.3) is 0 Å². The number of hydrogen-bond acceptors (Lipinski definition) is 10. The lowest BCUT2D eigenvalue weighted by Gasteiger charge is -2.21. The van der Waals surface area contributed by atoms with Gasteiger partial charge in [0.1, 0.15) is 23.4 Å². The van der Waals surface area contributed by atoms with Crippen molar-refractivity contribution < 1.29 is 47.6 Å². The van der Waals surface area contributed by atoms with Crippen molar-refractivity contribution >= 4 is 23.9 Å². The highest BCUT2D eigenvalue weighted by Gasteiger charge is 2.22. The smallest absolute Gasteiger partial charge is 0.343 e. The fraction of sp³-hybridized carbons (Fsp3) is 0.314. The van der Waals surface area contributed by atoms with E-state index in [-0.39, 0.29) is 0 Å². The minimum atomic E-state index is -0.519. The number of carbonyl (C=O) groups is 4. The van der Waals surface area contributed by atoms with Crippen molar-refractivity contribution in [3.63, 3.8) is 0 Å². The first kappa shape index (κ1) is 34.4. The van der Waals surface area contributed by atoms with Crippen LogP contribution in [0.5, 0.6) is 11.5 Å². The van der Waals surface area contributed by atoms with Crippen LogP contribution in [0.4, 0.5) is 0 Å².